The Morgan fingerprint density at radius 1 is 0.853 bits per heavy atom. The summed E-state index contributed by atoms with van der Waals surface area (Å²) in [6.45, 7) is 0. The van der Waals surface area contributed by atoms with Crippen molar-refractivity contribution in [2.24, 2.45) is 11.8 Å². The van der Waals surface area contributed by atoms with E-state index in [0.717, 1.165) is 16.0 Å². The van der Waals surface area contributed by atoms with Gasteiger partial charge in [-0.25, -0.2) is 9.29 Å². The van der Waals surface area contributed by atoms with Crippen LogP contribution in [0.25, 0.3) is 6.08 Å². The molecule has 3 aliphatic rings. The van der Waals surface area contributed by atoms with Gasteiger partial charge in [0.1, 0.15) is 11.9 Å². The molecule has 3 aromatic rings. The van der Waals surface area contributed by atoms with Gasteiger partial charge in [-0.3, -0.25) is 14.4 Å². The predicted molar refractivity (Wildman–Crippen MR) is 125 cm³/mol. The van der Waals surface area contributed by atoms with E-state index >= 15 is 0 Å². The minimum Gasteiger partial charge on any atom is -0.358 e. The first kappa shape index (κ1) is 20.8. The van der Waals surface area contributed by atoms with Crippen LogP contribution in [0.3, 0.4) is 0 Å². The van der Waals surface area contributed by atoms with Crippen molar-refractivity contribution >= 4 is 41.0 Å². The van der Waals surface area contributed by atoms with Crippen molar-refractivity contribution in [2.45, 2.75) is 12.1 Å². The lowest BCUT2D eigenvalue weighted by Gasteiger charge is -2.35. The summed E-state index contributed by atoms with van der Waals surface area (Å²) in [7, 11) is 0. The minimum absolute atomic E-state index is 0.0872. The number of carbonyl (C=O) groups excluding carboxylic acids is 3. The summed E-state index contributed by atoms with van der Waals surface area (Å²) in [5, 5.41) is 0.489. The van der Waals surface area contributed by atoms with Crippen LogP contribution in [0.2, 0.25) is 5.02 Å². The van der Waals surface area contributed by atoms with Crippen LogP contribution in [0, 0.1) is 17.7 Å². The third kappa shape index (κ3) is 2.88. The number of fused-ring (bicyclic) bond motifs is 5. The molecule has 3 aromatic carbocycles. The molecule has 0 saturated carbocycles. The van der Waals surface area contributed by atoms with E-state index < -0.39 is 41.6 Å². The first-order chi connectivity index (χ1) is 16.5. The fraction of sp³-hybridized carbons (Fsp3) is 0.148. The van der Waals surface area contributed by atoms with Crippen molar-refractivity contribution in [1.29, 1.82) is 0 Å². The highest BCUT2D eigenvalue weighted by atomic mass is 35.5. The van der Waals surface area contributed by atoms with Crippen molar-refractivity contribution in [3.63, 3.8) is 0 Å². The van der Waals surface area contributed by atoms with Crippen LogP contribution in [-0.2, 0) is 9.59 Å². The highest BCUT2D eigenvalue weighted by Gasteiger charge is 2.64. The summed E-state index contributed by atoms with van der Waals surface area (Å²) < 4.78 is 14.6. The monoisotopic (exact) mass is 472 g/mol. The summed E-state index contributed by atoms with van der Waals surface area (Å²) in [6, 6.07) is 18.4. The lowest BCUT2D eigenvalue weighted by Crippen LogP contribution is -2.44. The van der Waals surface area contributed by atoms with E-state index in [1.165, 1.54) is 18.2 Å². The van der Waals surface area contributed by atoms with Crippen molar-refractivity contribution < 1.29 is 18.8 Å². The van der Waals surface area contributed by atoms with Crippen molar-refractivity contribution in [2.75, 3.05) is 4.90 Å². The normalized spacial score (nSPS) is 24.8. The molecule has 0 N–H and O–H groups in total. The van der Waals surface area contributed by atoms with Crippen molar-refractivity contribution in [3.8, 4) is 0 Å². The van der Waals surface area contributed by atoms with Crippen LogP contribution >= 0.6 is 11.6 Å². The average Bonchev–Trinajstić information content (AvgIpc) is 3.32. The first-order valence-corrected chi connectivity index (χ1v) is 11.3. The summed E-state index contributed by atoms with van der Waals surface area (Å²) in [4.78, 5) is 43.9. The second kappa shape index (κ2) is 7.64. The van der Waals surface area contributed by atoms with Gasteiger partial charge in [0.15, 0.2) is 5.78 Å². The smallest absolute Gasteiger partial charge is 0.240 e. The zero-order valence-electron chi connectivity index (χ0n) is 17.8. The van der Waals surface area contributed by atoms with Gasteiger partial charge in [0.2, 0.25) is 11.8 Å². The standard InChI is InChI=1S/C27H18ClFN2O3/c28-17-11-9-16(10-12-17)25(32)24-22-21(23-18-6-2-1-5-15(18)13-14-30(23)24)26(33)31(27(22)34)20-8-4-3-7-19(20)29/h1-14,21-24H/t21-,22+,23+,24-/m0/s1. The Morgan fingerprint density at radius 3 is 2.29 bits per heavy atom. The Balaban J connectivity index is 1.51. The van der Waals surface area contributed by atoms with E-state index in [-0.39, 0.29) is 11.5 Å². The molecule has 3 aliphatic heterocycles. The van der Waals surface area contributed by atoms with Gasteiger partial charge in [0, 0.05) is 16.8 Å². The maximum Gasteiger partial charge on any atom is 0.240 e. The number of rotatable bonds is 3. The zero-order chi connectivity index (χ0) is 23.6. The molecule has 6 rings (SSSR count). The fourth-order valence-corrected chi connectivity index (χ4v) is 5.64. The maximum absolute atomic E-state index is 14.6. The van der Waals surface area contributed by atoms with E-state index in [4.69, 9.17) is 11.6 Å². The van der Waals surface area contributed by atoms with E-state index in [0.29, 0.717) is 10.6 Å². The second-order valence-electron chi connectivity index (χ2n) is 8.67. The largest absolute Gasteiger partial charge is 0.358 e. The molecule has 5 nitrogen and oxygen atoms in total. The topological polar surface area (TPSA) is 57.7 Å². The number of ketones is 1. The molecule has 4 atom stereocenters. The van der Waals surface area contributed by atoms with Gasteiger partial charge in [0.25, 0.3) is 0 Å². The molecule has 0 unspecified atom stereocenters. The molecular weight excluding hydrogens is 455 g/mol. The lowest BCUT2D eigenvalue weighted by molar-refractivity contribution is -0.123. The number of carbonyl (C=O) groups is 3. The van der Waals surface area contributed by atoms with Crippen LogP contribution < -0.4 is 4.90 Å². The molecule has 0 aliphatic carbocycles. The average molecular weight is 473 g/mol. The Kier molecular flexibility index (Phi) is 4.67. The maximum atomic E-state index is 14.6. The van der Waals surface area contributed by atoms with Gasteiger partial charge in [0.05, 0.1) is 23.6 Å². The number of anilines is 1. The number of hydrogen-bond donors (Lipinski definition) is 0. The molecule has 2 amide bonds. The predicted octanol–water partition coefficient (Wildman–Crippen LogP) is 4.88. The molecule has 7 heteroatoms. The molecule has 0 radical (unpaired) electrons. The fourth-order valence-electron chi connectivity index (χ4n) is 5.51. The third-order valence-corrected chi connectivity index (χ3v) is 7.20. The Bertz CT molecular complexity index is 1390. The number of amides is 2. The summed E-state index contributed by atoms with van der Waals surface area (Å²) in [6.07, 6.45) is 3.68. The summed E-state index contributed by atoms with van der Waals surface area (Å²) in [5.74, 6) is -3.77. The second-order valence-corrected chi connectivity index (χ2v) is 9.10. The highest BCUT2D eigenvalue weighted by molar-refractivity contribution is 6.30. The van der Waals surface area contributed by atoms with Crippen molar-refractivity contribution in [1.82, 2.24) is 4.90 Å². The number of imide groups is 1. The SMILES string of the molecule is O=C(c1ccc(Cl)cc1)[C@@H]1[C@@H]2C(=O)N(c3ccccc3F)C(=O)[C@@H]2[C@H]2c3ccccc3C=CN12. The van der Waals surface area contributed by atoms with Gasteiger partial charge in [-0.15, -0.1) is 0 Å². The Labute approximate surface area is 200 Å². The molecule has 0 aromatic heterocycles. The van der Waals surface area contributed by atoms with E-state index in [9.17, 15) is 18.8 Å². The molecule has 0 bridgehead atoms. The van der Waals surface area contributed by atoms with Crippen LogP contribution in [0.1, 0.15) is 27.5 Å². The molecular formula is C27H18ClFN2O3. The van der Waals surface area contributed by atoms with Crippen LogP contribution in [0.4, 0.5) is 10.1 Å². The Hall–Kier alpha value is -3.77. The van der Waals surface area contributed by atoms with Gasteiger partial charge >= 0.3 is 0 Å². The number of hydrogen-bond acceptors (Lipinski definition) is 4. The number of nitrogens with zero attached hydrogens (tertiary/aromatic N) is 2. The van der Waals surface area contributed by atoms with Crippen molar-refractivity contribution in [3.05, 3.63) is 107 Å². The third-order valence-electron chi connectivity index (χ3n) is 6.95. The number of para-hydroxylation sites is 1. The minimum atomic E-state index is -0.948. The Morgan fingerprint density at radius 2 is 1.53 bits per heavy atom. The number of Topliss-reactive ketones (excluding diaryl/α,β-unsaturated/α-hetero) is 1. The number of halogens is 2. The number of benzene rings is 3. The quantitative estimate of drug-likeness (QED) is 0.403. The molecule has 0 spiro atoms. The highest BCUT2D eigenvalue weighted by Crippen LogP contribution is 2.53. The zero-order valence-corrected chi connectivity index (χ0v) is 18.5. The molecule has 2 fully saturated rings. The molecule has 2 saturated heterocycles. The van der Waals surface area contributed by atoms with Gasteiger partial charge < -0.3 is 4.90 Å². The van der Waals surface area contributed by atoms with E-state index in [1.807, 2.05) is 35.2 Å². The van der Waals surface area contributed by atoms with Crippen LogP contribution in [-0.4, -0.2) is 28.5 Å². The lowest BCUT2D eigenvalue weighted by atomic mass is 9.83. The summed E-state index contributed by atoms with van der Waals surface area (Å²) >= 11 is 6.00. The van der Waals surface area contributed by atoms with Crippen LogP contribution in [0.5, 0.6) is 0 Å². The molecule has 168 valence electrons. The first-order valence-electron chi connectivity index (χ1n) is 10.9. The van der Waals surface area contributed by atoms with Gasteiger partial charge in [-0.1, -0.05) is 48.0 Å². The van der Waals surface area contributed by atoms with Gasteiger partial charge in [-0.2, -0.15) is 0 Å². The molecule has 3 heterocycles. The van der Waals surface area contributed by atoms with Crippen LogP contribution in [0.15, 0.2) is 79.0 Å². The van der Waals surface area contributed by atoms with E-state index in [1.54, 1.807) is 36.5 Å². The summed E-state index contributed by atoms with van der Waals surface area (Å²) in [5.41, 5.74) is 2.09. The molecule has 34 heavy (non-hydrogen) atoms. The van der Waals surface area contributed by atoms with Gasteiger partial charge in [-0.05, 0) is 53.6 Å². The van der Waals surface area contributed by atoms with E-state index in [2.05, 4.69) is 0 Å².